The molecule has 2 aromatic carbocycles. The van der Waals surface area contributed by atoms with E-state index in [-0.39, 0.29) is 0 Å². The van der Waals surface area contributed by atoms with Crippen LogP contribution in [0.5, 0.6) is 5.75 Å². The number of aliphatic hydroxyl groups excluding tert-OH is 1. The van der Waals surface area contributed by atoms with Crippen molar-refractivity contribution in [3.8, 4) is 5.75 Å². The van der Waals surface area contributed by atoms with Gasteiger partial charge in [0.1, 0.15) is 18.5 Å². The van der Waals surface area contributed by atoms with Crippen molar-refractivity contribution in [2.75, 3.05) is 26.2 Å². The number of aliphatic hydroxyl groups is 1. The molecule has 0 spiro atoms. The molecule has 0 radical (unpaired) electrons. The second-order valence-corrected chi connectivity index (χ2v) is 6.48. The predicted octanol–water partition coefficient (Wildman–Crippen LogP) is 4.48. The first kappa shape index (κ1) is 18.8. The monoisotopic (exact) mass is 329 g/mol. The van der Waals surface area contributed by atoms with Crippen LogP contribution in [0.4, 0.5) is 0 Å². The first-order chi connectivity index (χ1) is 11.7. The molecule has 0 unspecified atom stereocenters. The maximum Gasteiger partial charge on any atom is 0.120 e. The number of hydrogen-bond donors (Lipinski definition) is 1. The van der Waals surface area contributed by atoms with E-state index in [4.69, 9.17) is 4.74 Å². The maximum atomic E-state index is 10.3. The topological polar surface area (TPSA) is 32.7 Å². The van der Waals surface area contributed by atoms with Gasteiger partial charge in [-0.1, -0.05) is 57.0 Å². The fourth-order valence-corrected chi connectivity index (χ4v) is 2.86. The second kappa shape index (κ2) is 10.3. The standard InChI is InChI=1S/C21H31NO2/c1-3-5-13-22(14-6-4-2)16-20(23)17-24-21-12-11-18-9-7-8-10-19(18)15-21/h7-12,15,20,23H,3-6,13-14,16-17H2,1-2H3/t20-/m0/s1. The number of hydrogen-bond acceptors (Lipinski definition) is 3. The molecule has 0 saturated heterocycles. The van der Waals surface area contributed by atoms with Gasteiger partial charge in [0.05, 0.1) is 0 Å². The molecule has 0 aliphatic rings. The Kier molecular flexibility index (Phi) is 8.06. The van der Waals surface area contributed by atoms with Gasteiger partial charge in [0.15, 0.2) is 0 Å². The Labute approximate surface area is 146 Å². The van der Waals surface area contributed by atoms with E-state index in [1.54, 1.807) is 0 Å². The van der Waals surface area contributed by atoms with Gasteiger partial charge >= 0.3 is 0 Å². The number of benzene rings is 2. The fourth-order valence-electron chi connectivity index (χ4n) is 2.86. The Hall–Kier alpha value is -1.58. The lowest BCUT2D eigenvalue weighted by atomic mass is 10.1. The van der Waals surface area contributed by atoms with Gasteiger partial charge in [0.2, 0.25) is 0 Å². The van der Waals surface area contributed by atoms with Gasteiger partial charge in [-0.25, -0.2) is 0 Å². The van der Waals surface area contributed by atoms with E-state index in [0.29, 0.717) is 13.2 Å². The molecule has 2 aromatic rings. The van der Waals surface area contributed by atoms with Crippen molar-refractivity contribution in [1.82, 2.24) is 4.90 Å². The Bertz CT molecular complexity index is 591. The highest BCUT2D eigenvalue weighted by atomic mass is 16.5. The summed E-state index contributed by atoms with van der Waals surface area (Å²) in [6.45, 7) is 7.56. The number of fused-ring (bicyclic) bond motifs is 1. The van der Waals surface area contributed by atoms with Gasteiger partial charge in [0, 0.05) is 6.54 Å². The second-order valence-electron chi connectivity index (χ2n) is 6.48. The van der Waals surface area contributed by atoms with Crippen LogP contribution in [0.15, 0.2) is 42.5 Å². The molecule has 1 atom stereocenters. The van der Waals surface area contributed by atoms with E-state index in [1.165, 1.54) is 31.1 Å². The zero-order valence-electron chi connectivity index (χ0n) is 15.1. The lowest BCUT2D eigenvalue weighted by molar-refractivity contribution is 0.0672. The van der Waals surface area contributed by atoms with E-state index in [1.807, 2.05) is 24.3 Å². The normalized spacial score (nSPS) is 12.7. The Morgan fingerprint density at radius 2 is 1.62 bits per heavy atom. The zero-order chi connectivity index (χ0) is 17.2. The summed E-state index contributed by atoms with van der Waals surface area (Å²) in [5.41, 5.74) is 0. The summed E-state index contributed by atoms with van der Waals surface area (Å²) in [6.07, 6.45) is 4.29. The number of ether oxygens (including phenoxy) is 1. The van der Waals surface area contributed by atoms with Crippen molar-refractivity contribution in [3.05, 3.63) is 42.5 Å². The zero-order valence-corrected chi connectivity index (χ0v) is 15.1. The van der Waals surface area contributed by atoms with Crippen LogP contribution >= 0.6 is 0 Å². The number of nitrogens with zero attached hydrogens (tertiary/aromatic N) is 1. The van der Waals surface area contributed by atoms with Gasteiger partial charge in [-0.3, -0.25) is 0 Å². The first-order valence-electron chi connectivity index (χ1n) is 9.25. The molecule has 2 rings (SSSR count). The minimum atomic E-state index is -0.454. The first-order valence-corrected chi connectivity index (χ1v) is 9.25. The van der Waals surface area contributed by atoms with Crippen LogP contribution in [0.1, 0.15) is 39.5 Å². The highest BCUT2D eigenvalue weighted by Crippen LogP contribution is 2.20. The number of rotatable bonds is 11. The van der Waals surface area contributed by atoms with Crippen LogP contribution in [0.2, 0.25) is 0 Å². The van der Waals surface area contributed by atoms with E-state index < -0.39 is 6.10 Å². The average Bonchev–Trinajstić information content (AvgIpc) is 2.62. The molecular weight excluding hydrogens is 298 g/mol. The van der Waals surface area contributed by atoms with E-state index in [0.717, 1.165) is 24.2 Å². The predicted molar refractivity (Wildman–Crippen MR) is 102 cm³/mol. The molecule has 3 nitrogen and oxygen atoms in total. The molecule has 0 amide bonds. The molecule has 1 N–H and O–H groups in total. The number of unbranched alkanes of at least 4 members (excludes halogenated alkanes) is 2. The smallest absolute Gasteiger partial charge is 0.120 e. The average molecular weight is 329 g/mol. The molecule has 24 heavy (non-hydrogen) atoms. The maximum absolute atomic E-state index is 10.3. The van der Waals surface area contributed by atoms with Crippen molar-refractivity contribution >= 4 is 10.8 Å². The summed E-state index contributed by atoms with van der Waals surface area (Å²) in [5.74, 6) is 0.821. The van der Waals surface area contributed by atoms with Crippen LogP contribution in [-0.2, 0) is 0 Å². The van der Waals surface area contributed by atoms with Crippen LogP contribution in [0.25, 0.3) is 10.8 Å². The van der Waals surface area contributed by atoms with Gasteiger partial charge in [-0.15, -0.1) is 0 Å². The molecule has 132 valence electrons. The highest BCUT2D eigenvalue weighted by molar-refractivity contribution is 5.83. The van der Waals surface area contributed by atoms with Crippen LogP contribution in [-0.4, -0.2) is 42.4 Å². The van der Waals surface area contributed by atoms with Crippen molar-refractivity contribution in [2.45, 2.75) is 45.6 Å². The summed E-state index contributed by atoms with van der Waals surface area (Å²) in [5, 5.41) is 12.7. The molecule has 0 bridgehead atoms. The largest absolute Gasteiger partial charge is 0.491 e. The minimum Gasteiger partial charge on any atom is -0.491 e. The van der Waals surface area contributed by atoms with Crippen molar-refractivity contribution in [3.63, 3.8) is 0 Å². The third-order valence-electron chi connectivity index (χ3n) is 4.29. The Morgan fingerprint density at radius 1 is 0.958 bits per heavy atom. The molecule has 0 aliphatic carbocycles. The molecule has 0 fully saturated rings. The van der Waals surface area contributed by atoms with Gasteiger partial charge in [-0.2, -0.15) is 0 Å². The molecular formula is C21H31NO2. The van der Waals surface area contributed by atoms with E-state index in [2.05, 4.69) is 36.9 Å². The third-order valence-corrected chi connectivity index (χ3v) is 4.29. The highest BCUT2D eigenvalue weighted by Gasteiger charge is 2.12. The van der Waals surface area contributed by atoms with Crippen LogP contribution in [0.3, 0.4) is 0 Å². The van der Waals surface area contributed by atoms with E-state index >= 15 is 0 Å². The third kappa shape index (κ3) is 6.14. The molecule has 3 heteroatoms. The van der Waals surface area contributed by atoms with Crippen molar-refractivity contribution < 1.29 is 9.84 Å². The molecule has 0 aliphatic heterocycles. The van der Waals surface area contributed by atoms with Gasteiger partial charge in [-0.05, 0) is 48.8 Å². The summed E-state index contributed by atoms with van der Waals surface area (Å²) in [4.78, 5) is 2.36. The quantitative estimate of drug-likeness (QED) is 0.659. The molecule has 0 saturated carbocycles. The summed E-state index contributed by atoms with van der Waals surface area (Å²) in [7, 11) is 0. The van der Waals surface area contributed by atoms with Gasteiger partial charge in [0.25, 0.3) is 0 Å². The molecule has 0 heterocycles. The van der Waals surface area contributed by atoms with E-state index in [9.17, 15) is 5.11 Å². The van der Waals surface area contributed by atoms with Gasteiger partial charge < -0.3 is 14.7 Å². The fraction of sp³-hybridized carbons (Fsp3) is 0.524. The van der Waals surface area contributed by atoms with Crippen LogP contribution < -0.4 is 4.74 Å². The lowest BCUT2D eigenvalue weighted by Crippen LogP contribution is -2.36. The lowest BCUT2D eigenvalue weighted by Gasteiger charge is -2.25. The van der Waals surface area contributed by atoms with Crippen molar-refractivity contribution in [2.24, 2.45) is 0 Å². The van der Waals surface area contributed by atoms with Crippen LogP contribution in [0, 0.1) is 0 Å². The van der Waals surface area contributed by atoms with Crippen molar-refractivity contribution in [1.29, 1.82) is 0 Å². The summed E-state index contributed by atoms with van der Waals surface area (Å²) < 4.78 is 5.81. The Morgan fingerprint density at radius 3 is 2.29 bits per heavy atom. The minimum absolute atomic E-state index is 0.340. The SMILES string of the molecule is CCCCN(CCCC)C[C@H](O)COc1ccc2ccccc2c1. The molecule has 0 aromatic heterocycles. The Balaban J connectivity index is 1.84. The summed E-state index contributed by atoms with van der Waals surface area (Å²) in [6, 6.07) is 14.3. The summed E-state index contributed by atoms with van der Waals surface area (Å²) >= 11 is 0.